The summed E-state index contributed by atoms with van der Waals surface area (Å²) in [6, 6.07) is 27.9. The molecular formula is C31H26N3O3S-. The first-order valence-electron chi connectivity index (χ1n) is 12.6. The van der Waals surface area contributed by atoms with Crippen LogP contribution < -0.4 is 4.31 Å². The zero-order valence-electron chi connectivity index (χ0n) is 20.9. The summed E-state index contributed by atoms with van der Waals surface area (Å²) >= 11 is -2.79. The van der Waals surface area contributed by atoms with E-state index in [1.807, 2.05) is 30.5 Å². The minimum atomic E-state index is -2.79. The molecule has 1 saturated carbocycles. The second-order valence-electron chi connectivity index (χ2n) is 9.69. The summed E-state index contributed by atoms with van der Waals surface area (Å²) < 4.78 is 27.6. The van der Waals surface area contributed by atoms with Crippen LogP contribution in [0.15, 0.2) is 97.2 Å². The van der Waals surface area contributed by atoms with Crippen LogP contribution in [0.3, 0.4) is 0 Å². The van der Waals surface area contributed by atoms with E-state index in [4.69, 9.17) is 4.98 Å². The van der Waals surface area contributed by atoms with Crippen LogP contribution in [0.25, 0.3) is 22.2 Å². The number of hydrogen-bond donors (Lipinski definition) is 0. The van der Waals surface area contributed by atoms with Crippen LogP contribution >= 0.6 is 0 Å². The highest BCUT2D eigenvalue weighted by molar-refractivity contribution is 7.81. The molecule has 0 aliphatic heterocycles. The van der Waals surface area contributed by atoms with Gasteiger partial charge in [0, 0.05) is 34.9 Å². The Morgan fingerprint density at radius 1 is 1.00 bits per heavy atom. The Balaban J connectivity index is 1.34. The highest BCUT2D eigenvalue weighted by Crippen LogP contribution is 2.42. The fourth-order valence-electron chi connectivity index (χ4n) is 5.00. The van der Waals surface area contributed by atoms with Crippen molar-refractivity contribution >= 4 is 33.9 Å². The molecular weight excluding hydrogens is 494 g/mol. The average molecular weight is 521 g/mol. The smallest absolute Gasteiger partial charge is 0.269 e. The third kappa shape index (κ3) is 4.55. The zero-order chi connectivity index (χ0) is 26.2. The molecule has 1 fully saturated rings. The van der Waals surface area contributed by atoms with Gasteiger partial charge in [-0.3, -0.25) is 9.00 Å². The molecule has 0 bridgehead atoms. The number of carbonyl (C=O) groups excluding carboxylic acids is 1. The second-order valence-corrected chi connectivity index (χ2v) is 10.5. The molecule has 0 spiro atoms. The summed E-state index contributed by atoms with van der Waals surface area (Å²) in [6.07, 6.45) is 4.29. The lowest BCUT2D eigenvalue weighted by Crippen LogP contribution is -2.33. The van der Waals surface area contributed by atoms with E-state index in [0.717, 1.165) is 21.1 Å². The first kappa shape index (κ1) is 24.3. The van der Waals surface area contributed by atoms with Gasteiger partial charge in [-0.05, 0) is 72.7 Å². The van der Waals surface area contributed by atoms with Crippen LogP contribution in [0.4, 0.5) is 5.69 Å². The lowest BCUT2D eigenvalue weighted by Gasteiger charge is -2.26. The van der Waals surface area contributed by atoms with Gasteiger partial charge in [-0.1, -0.05) is 60.7 Å². The number of rotatable bonds is 7. The molecule has 2 aromatic heterocycles. The standard InChI is InChI=1S/C31H27N3O3S/c1-21-17-18-32-30-27(21)19-29(24-15-16-24)33(30)20-22-11-13-23(14-12-22)26-9-5-6-10-28(26)34(38(36)37)31(35)25-7-3-2-4-8-25/h2-14,17-19,24H,15-16,20H2,1H3,(H,36,37)/p-1. The third-order valence-electron chi connectivity index (χ3n) is 7.13. The van der Waals surface area contributed by atoms with Crippen molar-refractivity contribution in [1.29, 1.82) is 0 Å². The molecule has 0 N–H and O–H groups in total. The fraction of sp³-hybridized carbons (Fsp3) is 0.161. The van der Waals surface area contributed by atoms with Crippen LogP contribution in [-0.4, -0.2) is 24.2 Å². The highest BCUT2D eigenvalue weighted by atomic mass is 32.2. The molecule has 2 heterocycles. The maximum atomic E-state index is 13.1. The summed E-state index contributed by atoms with van der Waals surface area (Å²) in [5.74, 6) is -0.00580. The number of aryl methyl sites for hydroxylation is 1. The number of anilines is 1. The number of nitrogens with zero attached hydrogens (tertiary/aromatic N) is 3. The highest BCUT2D eigenvalue weighted by Gasteiger charge is 2.28. The van der Waals surface area contributed by atoms with Crippen molar-refractivity contribution < 1.29 is 13.6 Å². The Morgan fingerprint density at radius 2 is 1.71 bits per heavy atom. The number of amides is 1. The van der Waals surface area contributed by atoms with Crippen LogP contribution in [0.1, 0.15) is 45.9 Å². The number of fused-ring (bicyclic) bond motifs is 1. The molecule has 1 aliphatic rings. The molecule has 6 nitrogen and oxygen atoms in total. The Bertz CT molecular complexity index is 1660. The van der Waals surface area contributed by atoms with E-state index in [-0.39, 0.29) is 0 Å². The summed E-state index contributed by atoms with van der Waals surface area (Å²) in [6.45, 7) is 2.83. The first-order valence-corrected chi connectivity index (χ1v) is 13.7. The van der Waals surface area contributed by atoms with Crippen molar-refractivity contribution in [2.45, 2.75) is 32.2 Å². The minimum Gasteiger partial charge on any atom is -0.755 e. The van der Waals surface area contributed by atoms with E-state index in [1.54, 1.807) is 42.5 Å². The number of aromatic nitrogens is 2. The SMILES string of the molecule is Cc1ccnc2c1cc(C1CC1)n2Cc1ccc(-c2ccccc2N(C(=O)c2ccccc2)S(=O)[O-])cc1. The molecule has 5 aromatic rings. The van der Waals surface area contributed by atoms with Gasteiger partial charge >= 0.3 is 0 Å². The van der Waals surface area contributed by atoms with E-state index in [2.05, 4.69) is 35.8 Å². The molecule has 1 unspecified atom stereocenters. The van der Waals surface area contributed by atoms with Crippen molar-refractivity contribution in [3.63, 3.8) is 0 Å². The second kappa shape index (κ2) is 10.0. The maximum Gasteiger partial charge on any atom is 0.269 e. The molecule has 3 aromatic carbocycles. The first-order chi connectivity index (χ1) is 18.5. The van der Waals surface area contributed by atoms with E-state index >= 15 is 0 Å². The molecule has 1 amide bonds. The van der Waals surface area contributed by atoms with Crippen molar-refractivity contribution in [1.82, 2.24) is 9.55 Å². The molecule has 190 valence electrons. The van der Waals surface area contributed by atoms with E-state index in [1.165, 1.54) is 29.5 Å². The Labute approximate surface area is 224 Å². The molecule has 7 heteroatoms. The van der Waals surface area contributed by atoms with Gasteiger partial charge in [-0.25, -0.2) is 9.29 Å². The maximum absolute atomic E-state index is 13.1. The Kier molecular flexibility index (Phi) is 6.39. The molecule has 1 atom stereocenters. The summed E-state index contributed by atoms with van der Waals surface area (Å²) in [5, 5.41) is 1.20. The van der Waals surface area contributed by atoms with Crippen molar-refractivity contribution in [3.8, 4) is 11.1 Å². The molecule has 38 heavy (non-hydrogen) atoms. The topological polar surface area (TPSA) is 78.3 Å². The van der Waals surface area contributed by atoms with Crippen LogP contribution in [0, 0.1) is 6.92 Å². The van der Waals surface area contributed by atoms with E-state index < -0.39 is 17.2 Å². The third-order valence-corrected chi connectivity index (χ3v) is 7.79. The lowest BCUT2D eigenvalue weighted by atomic mass is 10.0. The van der Waals surface area contributed by atoms with Crippen molar-refractivity contribution in [2.24, 2.45) is 0 Å². The number of hydrogen-bond acceptors (Lipinski definition) is 4. The fourth-order valence-corrected chi connectivity index (χ4v) is 5.56. The van der Waals surface area contributed by atoms with Gasteiger partial charge in [-0.15, -0.1) is 0 Å². The minimum absolute atomic E-state index is 0.302. The quantitative estimate of drug-likeness (QED) is 0.233. The monoisotopic (exact) mass is 520 g/mol. The number of carbonyl (C=O) groups is 1. The molecule has 0 radical (unpaired) electrons. The van der Waals surface area contributed by atoms with Crippen molar-refractivity contribution in [2.75, 3.05) is 4.31 Å². The van der Waals surface area contributed by atoms with Gasteiger partial charge in [0.1, 0.15) is 5.65 Å². The van der Waals surface area contributed by atoms with Gasteiger partial charge in [0.2, 0.25) is 0 Å². The normalized spacial score (nSPS) is 13.9. The lowest BCUT2D eigenvalue weighted by molar-refractivity contribution is 0.100. The van der Waals surface area contributed by atoms with E-state index in [0.29, 0.717) is 29.3 Å². The number of para-hydroxylation sites is 1. The predicted molar refractivity (Wildman–Crippen MR) is 150 cm³/mol. The molecule has 6 rings (SSSR count). The average Bonchev–Trinajstić information content (AvgIpc) is 3.72. The summed E-state index contributed by atoms with van der Waals surface area (Å²) in [7, 11) is 0. The zero-order valence-corrected chi connectivity index (χ0v) is 21.7. The molecule has 1 aliphatic carbocycles. The summed E-state index contributed by atoms with van der Waals surface area (Å²) in [4.78, 5) is 17.8. The van der Waals surface area contributed by atoms with Crippen LogP contribution in [0.2, 0.25) is 0 Å². The van der Waals surface area contributed by atoms with Crippen molar-refractivity contribution in [3.05, 3.63) is 120 Å². The van der Waals surface area contributed by atoms with Crippen LogP contribution in [-0.2, 0) is 17.8 Å². The van der Waals surface area contributed by atoms with Gasteiger partial charge in [-0.2, -0.15) is 0 Å². The van der Waals surface area contributed by atoms with E-state index in [9.17, 15) is 13.6 Å². The molecule has 0 saturated heterocycles. The Morgan fingerprint density at radius 3 is 2.42 bits per heavy atom. The van der Waals surface area contributed by atoms with Crippen LogP contribution in [0.5, 0.6) is 0 Å². The number of benzene rings is 3. The summed E-state index contributed by atoms with van der Waals surface area (Å²) in [5.41, 5.74) is 6.81. The van der Waals surface area contributed by atoms with Gasteiger partial charge in [0.05, 0.1) is 17.0 Å². The van der Waals surface area contributed by atoms with Gasteiger partial charge < -0.3 is 9.12 Å². The largest absolute Gasteiger partial charge is 0.755 e. The Hall–Kier alpha value is -4.07. The van der Waals surface area contributed by atoms with Gasteiger partial charge in [0.25, 0.3) is 5.91 Å². The predicted octanol–water partition coefficient (Wildman–Crippen LogP) is 6.38. The number of pyridine rings is 1. The van der Waals surface area contributed by atoms with Gasteiger partial charge in [0.15, 0.2) is 0 Å².